The highest BCUT2D eigenvalue weighted by Crippen LogP contribution is 2.43. The predicted molar refractivity (Wildman–Crippen MR) is 121 cm³/mol. The summed E-state index contributed by atoms with van der Waals surface area (Å²) in [6, 6.07) is 9.34. The summed E-state index contributed by atoms with van der Waals surface area (Å²) in [7, 11) is 3.46. The zero-order chi connectivity index (χ0) is 22.3. The van der Waals surface area contributed by atoms with Gasteiger partial charge in [0.15, 0.2) is 0 Å². The second kappa shape index (κ2) is 6.10. The van der Waals surface area contributed by atoms with Crippen LogP contribution in [0.1, 0.15) is 26.3 Å². The number of imide groups is 1. The number of amides is 3. The number of ether oxygens (including phenoxy) is 1. The molecule has 8 nitrogen and oxygen atoms in total. The Labute approximate surface area is 180 Å². The first kappa shape index (κ1) is 18.4. The number of carbonyl (C=O) groups is 3. The largest absolute Gasteiger partial charge is 0.497 e. The van der Waals surface area contributed by atoms with Crippen LogP contribution in [0.25, 0.3) is 43.5 Å². The number of nitrogens with one attached hydrogen (secondary N) is 2. The molecule has 3 heterocycles. The molecule has 4 N–H and O–H groups in total. The summed E-state index contributed by atoms with van der Waals surface area (Å²) in [5.41, 5.74) is 9.29. The number of nitrogens with zero attached hydrogens (tertiary/aromatic N) is 1. The molecule has 158 valence electrons. The van der Waals surface area contributed by atoms with Gasteiger partial charge in [0.2, 0.25) is 5.91 Å². The average molecular weight is 426 g/mol. The Morgan fingerprint density at radius 2 is 1.78 bits per heavy atom. The second-order valence-electron chi connectivity index (χ2n) is 8.11. The van der Waals surface area contributed by atoms with Crippen LogP contribution < -0.4 is 15.8 Å². The molecule has 0 saturated heterocycles. The third-order valence-electron chi connectivity index (χ3n) is 6.31. The smallest absolute Gasteiger partial charge is 0.259 e. The Bertz CT molecular complexity index is 1690. The van der Waals surface area contributed by atoms with E-state index in [1.807, 2.05) is 48.1 Å². The number of hydrogen-bond donors (Lipinski definition) is 3. The highest BCUT2D eigenvalue weighted by atomic mass is 16.5. The quantitative estimate of drug-likeness (QED) is 0.384. The van der Waals surface area contributed by atoms with Crippen LogP contribution in [-0.4, -0.2) is 34.4 Å². The fraction of sp³-hybridized carbons (Fsp3) is 0.125. The average Bonchev–Trinajstić information content (AvgIpc) is 3.41. The molecule has 0 saturated carbocycles. The minimum absolute atomic E-state index is 0.0637. The van der Waals surface area contributed by atoms with E-state index < -0.39 is 17.7 Å². The molecule has 0 radical (unpaired) electrons. The van der Waals surface area contributed by atoms with E-state index in [-0.39, 0.29) is 6.42 Å². The van der Waals surface area contributed by atoms with Gasteiger partial charge in [-0.3, -0.25) is 19.7 Å². The van der Waals surface area contributed by atoms with Crippen LogP contribution in [0.15, 0.2) is 36.5 Å². The number of aromatic nitrogens is 2. The van der Waals surface area contributed by atoms with Gasteiger partial charge in [0.25, 0.3) is 11.8 Å². The van der Waals surface area contributed by atoms with Gasteiger partial charge in [0, 0.05) is 46.2 Å². The highest BCUT2D eigenvalue weighted by Gasteiger charge is 2.35. The van der Waals surface area contributed by atoms with Crippen LogP contribution in [0.3, 0.4) is 0 Å². The van der Waals surface area contributed by atoms with Crippen LogP contribution >= 0.6 is 0 Å². The van der Waals surface area contributed by atoms with Crippen molar-refractivity contribution in [1.82, 2.24) is 14.9 Å². The number of methoxy groups -OCH3 is 1. The molecule has 8 heteroatoms. The molecule has 0 fully saturated rings. The Morgan fingerprint density at radius 1 is 1.03 bits per heavy atom. The SMILES string of the molecule is COc1ccc2c(c1)[nH]c1c3cc(CC(N)=O)c4ccn(C)c4c3c3c(c21)C(=O)NC3=O. The predicted octanol–water partition coefficient (Wildman–Crippen LogP) is 2.89. The van der Waals surface area contributed by atoms with Gasteiger partial charge in [-0.1, -0.05) is 0 Å². The number of benzene rings is 3. The van der Waals surface area contributed by atoms with Crippen molar-refractivity contribution < 1.29 is 19.1 Å². The zero-order valence-corrected chi connectivity index (χ0v) is 17.3. The molecule has 1 aliphatic rings. The van der Waals surface area contributed by atoms with Gasteiger partial charge in [-0.05, 0) is 29.8 Å². The molecule has 2 aromatic heterocycles. The maximum atomic E-state index is 13.0. The van der Waals surface area contributed by atoms with E-state index >= 15 is 0 Å². The van der Waals surface area contributed by atoms with Crippen molar-refractivity contribution in [2.45, 2.75) is 6.42 Å². The minimum Gasteiger partial charge on any atom is -0.497 e. The molecule has 1 aliphatic heterocycles. The minimum atomic E-state index is -0.443. The molecular formula is C24H18N4O4. The van der Waals surface area contributed by atoms with E-state index in [0.717, 1.165) is 38.3 Å². The van der Waals surface area contributed by atoms with Crippen molar-refractivity contribution in [2.24, 2.45) is 12.8 Å². The van der Waals surface area contributed by atoms with Gasteiger partial charge >= 0.3 is 0 Å². The Morgan fingerprint density at radius 3 is 2.50 bits per heavy atom. The molecule has 0 aliphatic carbocycles. The highest BCUT2D eigenvalue weighted by molar-refractivity contribution is 6.39. The third-order valence-corrected chi connectivity index (χ3v) is 6.31. The van der Waals surface area contributed by atoms with Gasteiger partial charge < -0.3 is 20.0 Å². The van der Waals surface area contributed by atoms with Crippen molar-refractivity contribution in [3.63, 3.8) is 0 Å². The normalized spacial score (nSPS) is 13.4. The lowest BCUT2D eigenvalue weighted by Crippen LogP contribution is -2.20. The third kappa shape index (κ3) is 2.23. The second-order valence-corrected chi connectivity index (χ2v) is 8.11. The number of H-pyrrole nitrogens is 1. The summed E-state index contributed by atoms with van der Waals surface area (Å²) in [5, 5.41) is 6.20. The number of carbonyl (C=O) groups excluding carboxylic acids is 3. The first-order valence-electron chi connectivity index (χ1n) is 10.1. The molecule has 0 spiro atoms. The van der Waals surface area contributed by atoms with Gasteiger partial charge in [0.1, 0.15) is 5.75 Å². The van der Waals surface area contributed by atoms with E-state index in [4.69, 9.17) is 10.5 Å². The van der Waals surface area contributed by atoms with E-state index in [0.29, 0.717) is 27.6 Å². The Kier molecular flexibility index (Phi) is 3.52. The molecule has 0 atom stereocenters. The van der Waals surface area contributed by atoms with Crippen LogP contribution in [-0.2, 0) is 18.3 Å². The molecular weight excluding hydrogens is 408 g/mol. The van der Waals surface area contributed by atoms with Crippen molar-refractivity contribution in [2.75, 3.05) is 7.11 Å². The number of rotatable bonds is 3. The summed E-state index contributed by atoms with van der Waals surface area (Å²) in [6.45, 7) is 0. The molecule has 6 rings (SSSR count). The topological polar surface area (TPSA) is 119 Å². The molecule has 5 aromatic rings. The van der Waals surface area contributed by atoms with Crippen molar-refractivity contribution in [3.8, 4) is 5.75 Å². The lowest BCUT2D eigenvalue weighted by molar-refractivity contribution is -0.117. The van der Waals surface area contributed by atoms with Gasteiger partial charge in [-0.25, -0.2) is 0 Å². The number of aromatic amines is 1. The van der Waals surface area contributed by atoms with Gasteiger partial charge in [0.05, 0.1) is 41.2 Å². The van der Waals surface area contributed by atoms with Gasteiger partial charge in [-0.15, -0.1) is 0 Å². The summed E-state index contributed by atoms with van der Waals surface area (Å²) in [4.78, 5) is 41.1. The lowest BCUT2D eigenvalue weighted by atomic mass is 9.91. The number of primary amides is 1. The van der Waals surface area contributed by atoms with Crippen molar-refractivity contribution in [1.29, 1.82) is 0 Å². The van der Waals surface area contributed by atoms with Crippen LogP contribution in [0.2, 0.25) is 0 Å². The monoisotopic (exact) mass is 426 g/mol. The molecule has 0 unspecified atom stereocenters. The fourth-order valence-corrected chi connectivity index (χ4v) is 5.03. The molecule has 3 aromatic carbocycles. The summed E-state index contributed by atoms with van der Waals surface area (Å²) >= 11 is 0. The van der Waals surface area contributed by atoms with Crippen molar-refractivity contribution >= 4 is 61.2 Å². The Balaban J connectivity index is 1.92. The Hall–Kier alpha value is -4.33. The number of hydrogen-bond acceptors (Lipinski definition) is 4. The molecule has 0 bridgehead atoms. The van der Waals surface area contributed by atoms with Crippen LogP contribution in [0, 0.1) is 0 Å². The van der Waals surface area contributed by atoms with Gasteiger partial charge in [-0.2, -0.15) is 0 Å². The summed E-state index contributed by atoms with van der Waals surface area (Å²) in [6.07, 6.45) is 1.93. The van der Waals surface area contributed by atoms with E-state index in [1.165, 1.54) is 0 Å². The summed E-state index contributed by atoms with van der Waals surface area (Å²) < 4.78 is 7.25. The standard InChI is InChI=1S/C24H18N4O4/c1-28-6-5-12-10(8-16(25)29)7-14-18(22(12)28)20-19(23(30)27-24(20)31)17-13-4-3-11(32-2)9-15(13)26-21(14)17/h3-7,9,26H,8H2,1-2H3,(H2,25,29)(H,27,30,31). The maximum absolute atomic E-state index is 13.0. The first-order chi connectivity index (χ1) is 15.4. The number of aryl methyl sites for hydroxylation is 1. The maximum Gasteiger partial charge on any atom is 0.259 e. The van der Waals surface area contributed by atoms with Crippen LogP contribution in [0.4, 0.5) is 0 Å². The zero-order valence-electron chi connectivity index (χ0n) is 17.3. The summed E-state index contributed by atoms with van der Waals surface area (Å²) in [5.74, 6) is -0.618. The van der Waals surface area contributed by atoms with E-state index in [1.54, 1.807) is 7.11 Å². The van der Waals surface area contributed by atoms with Crippen LogP contribution in [0.5, 0.6) is 5.75 Å². The van der Waals surface area contributed by atoms with E-state index in [2.05, 4.69) is 10.3 Å². The first-order valence-corrected chi connectivity index (χ1v) is 10.1. The lowest BCUT2D eigenvalue weighted by Gasteiger charge is -2.12. The van der Waals surface area contributed by atoms with E-state index in [9.17, 15) is 14.4 Å². The molecule has 32 heavy (non-hydrogen) atoms. The fourth-order valence-electron chi connectivity index (χ4n) is 5.03. The molecule has 3 amide bonds. The number of nitrogens with two attached hydrogens (primary N) is 1. The van der Waals surface area contributed by atoms with Crippen molar-refractivity contribution in [3.05, 3.63) is 53.2 Å². The number of fused-ring (bicyclic) bond motifs is 10.